The Morgan fingerprint density at radius 3 is 2.33 bits per heavy atom. The number of hydrogen-bond acceptors (Lipinski definition) is 4. The standard InChI is InChI=1S/C21H14FNO3S/c22-14-10-8-13(9-11-14)18-17(19(24)16-7-4-12-27-16)20(25)21(26)23(18)15-5-2-1-3-6-15/h1-12,18,25H/t18-/m0/s1. The van der Waals surface area contributed by atoms with Gasteiger partial charge in [0.25, 0.3) is 5.91 Å². The zero-order valence-electron chi connectivity index (χ0n) is 14.0. The van der Waals surface area contributed by atoms with Crippen LogP contribution in [0.1, 0.15) is 21.3 Å². The lowest BCUT2D eigenvalue weighted by molar-refractivity contribution is -0.117. The lowest BCUT2D eigenvalue weighted by atomic mass is 9.95. The van der Waals surface area contributed by atoms with Crippen molar-refractivity contribution in [3.63, 3.8) is 0 Å². The summed E-state index contributed by atoms with van der Waals surface area (Å²) in [4.78, 5) is 27.7. The van der Waals surface area contributed by atoms with Crippen LogP contribution in [0.4, 0.5) is 10.1 Å². The van der Waals surface area contributed by atoms with E-state index in [-0.39, 0.29) is 5.57 Å². The van der Waals surface area contributed by atoms with Crippen molar-refractivity contribution in [3.05, 3.63) is 99.7 Å². The van der Waals surface area contributed by atoms with Crippen molar-refractivity contribution in [2.75, 3.05) is 4.90 Å². The highest BCUT2D eigenvalue weighted by Gasteiger charge is 2.44. The molecule has 0 radical (unpaired) electrons. The highest BCUT2D eigenvalue weighted by Crippen LogP contribution is 2.42. The molecule has 2 aromatic carbocycles. The summed E-state index contributed by atoms with van der Waals surface area (Å²) in [7, 11) is 0. The lowest BCUT2D eigenvalue weighted by Crippen LogP contribution is -2.30. The molecule has 4 nitrogen and oxygen atoms in total. The van der Waals surface area contributed by atoms with Crippen LogP contribution in [-0.2, 0) is 4.79 Å². The third kappa shape index (κ3) is 2.94. The minimum Gasteiger partial charge on any atom is -0.503 e. The number of anilines is 1. The van der Waals surface area contributed by atoms with Crippen LogP contribution in [0.25, 0.3) is 0 Å². The molecule has 6 heteroatoms. The maximum absolute atomic E-state index is 13.4. The SMILES string of the molecule is O=C(C1=C(O)C(=O)N(c2ccccc2)[C@H]1c1ccc(F)cc1)c1cccs1. The van der Waals surface area contributed by atoms with E-state index in [0.29, 0.717) is 16.1 Å². The Hall–Kier alpha value is -3.25. The molecule has 0 bridgehead atoms. The smallest absolute Gasteiger partial charge is 0.294 e. The van der Waals surface area contributed by atoms with E-state index < -0.39 is 29.3 Å². The van der Waals surface area contributed by atoms with Crippen LogP contribution in [0.2, 0.25) is 0 Å². The quantitative estimate of drug-likeness (QED) is 0.670. The predicted octanol–water partition coefficient (Wildman–Crippen LogP) is 4.67. The molecular formula is C21H14FNO3S. The van der Waals surface area contributed by atoms with Gasteiger partial charge in [-0.3, -0.25) is 14.5 Å². The number of thiophene rings is 1. The first-order valence-electron chi connectivity index (χ1n) is 8.23. The Morgan fingerprint density at radius 2 is 1.70 bits per heavy atom. The lowest BCUT2D eigenvalue weighted by Gasteiger charge is -2.26. The van der Waals surface area contributed by atoms with Gasteiger partial charge in [0, 0.05) is 5.69 Å². The van der Waals surface area contributed by atoms with Crippen molar-refractivity contribution in [2.45, 2.75) is 6.04 Å². The fourth-order valence-electron chi connectivity index (χ4n) is 3.19. The number of halogens is 1. The molecule has 0 saturated carbocycles. The molecule has 1 aliphatic heterocycles. The molecule has 0 unspecified atom stereocenters. The van der Waals surface area contributed by atoms with E-state index in [1.165, 1.54) is 40.5 Å². The second-order valence-electron chi connectivity index (χ2n) is 6.03. The molecule has 0 spiro atoms. The molecule has 4 rings (SSSR count). The number of benzene rings is 2. The maximum Gasteiger partial charge on any atom is 0.294 e. The zero-order chi connectivity index (χ0) is 19.0. The Morgan fingerprint density at radius 1 is 1.00 bits per heavy atom. The number of Topliss-reactive ketones (excluding diaryl/α,β-unsaturated/α-hetero) is 1. The monoisotopic (exact) mass is 379 g/mol. The number of nitrogens with zero attached hydrogens (tertiary/aromatic N) is 1. The molecule has 2 heterocycles. The van der Waals surface area contributed by atoms with Crippen molar-refractivity contribution in [1.82, 2.24) is 0 Å². The summed E-state index contributed by atoms with van der Waals surface area (Å²) in [5.74, 6) is -2.07. The van der Waals surface area contributed by atoms with E-state index in [0.717, 1.165) is 0 Å². The number of rotatable bonds is 4. The Kier molecular flexibility index (Phi) is 4.33. The number of aliphatic hydroxyl groups excluding tert-OH is 1. The summed E-state index contributed by atoms with van der Waals surface area (Å²) in [6.07, 6.45) is 0. The van der Waals surface area contributed by atoms with Crippen LogP contribution in [0, 0.1) is 5.82 Å². The van der Waals surface area contributed by atoms with Crippen LogP contribution in [0.15, 0.2) is 83.4 Å². The van der Waals surface area contributed by atoms with E-state index in [1.807, 2.05) is 6.07 Å². The minimum absolute atomic E-state index is 0.00193. The molecule has 1 aliphatic rings. The first-order chi connectivity index (χ1) is 13.1. The fourth-order valence-corrected chi connectivity index (χ4v) is 3.87. The molecule has 1 atom stereocenters. The summed E-state index contributed by atoms with van der Waals surface area (Å²) in [5, 5.41) is 12.3. The number of amides is 1. The summed E-state index contributed by atoms with van der Waals surface area (Å²) < 4.78 is 13.4. The molecule has 1 N–H and O–H groups in total. The van der Waals surface area contributed by atoms with Gasteiger partial charge in [0.1, 0.15) is 5.82 Å². The van der Waals surface area contributed by atoms with E-state index in [2.05, 4.69) is 0 Å². The molecule has 1 aromatic heterocycles. The van der Waals surface area contributed by atoms with Gasteiger partial charge >= 0.3 is 0 Å². The van der Waals surface area contributed by atoms with Gasteiger partial charge in [-0.15, -0.1) is 11.3 Å². The first-order valence-corrected chi connectivity index (χ1v) is 9.11. The van der Waals surface area contributed by atoms with Crippen LogP contribution in [0.5, 0.6) is 0 Å². The van der Waals surface area contributed by atoms with E-state index in [4.69, 9.17) is 0 Å². The molecule has 0 aliphatic carbocycles. The average Bonchev–Trinajstić information content (AvgIpc) is 3.31. The molecule has 134 valence electrons. The topological polar surface area (TPSA) is 57.6 Å². The number of ketones is 1. The van der Waals surface area contributed by atoms with Gasteiger partial charge in [0.2, 0.25) is 5.78 Å². The van der Waals surface area contributed by atoms with E-state index in [9.17, 15) is 19.1 Å². The molecule has 1 amide bonds. The van der Waals surface area contributed by atoms with Gasteiger partial charge in [-0.25, -0.2) is 4.39 Å². The zero-order valence-corrected chi connectivity index (χ0v) is 14.8. The second kappa shape index (κ2) is 6.81. The molecule has 0 fully saturated rings. The summed E-state index contributed by atoms with van der Waals surface area (Å²) in [6.45, 7) is 0. The Balaban J connectivity index is 1.88. The second-order valence-corrected chi connectivity index (χ2v) is 6.98. The van der Waals surface area contributed by atoms with Crippen molar-refractivity contribution >= 4 is 28.7 Å². The van der Waals surface area contributed by atoms with Crippen molar-refractivity contribution in [2.24, 2.45) is 0 Å². The number of hydrogen-bond donors (Lipinski definition) is 1. The Labute approximate surface area is 158 Å². The summed E-state index contributed by atoms with van der Waals surface area (Å²) in [5.41, 5.74) is 1.08. The van der Waals surface area contributed by atoms with Crippen LogP contribution < -0.4 is 4.90 Å². The van der Waals surface area contributed by atoms with Crippen molar-refractivity contribution in [1.29, 1.82) is 0 Å². The maximum atomic E-state index is 13.4. The van der Waals surface area contributed by atoms with E-state index >= 15 is 0 Å². The van der Waals surface area contributed by atoms with Gasteiger partial charge in [-0.1, -0.05) is 36.4 Å². The van der Waals surface area contributed by atoms with Gasteiger partial charge in [0.05, 0.1) is 16.5 Å². The van der Waals surface area contributed by atoms with Gasteiger partial charge < -0.3 is 5.11 Å². The Bertz CT molecular complexity index is 1030. The van der Waals surface area contributed by atoms with Crippen LogP contribution in [0.3, 0.4) is 0 Å². The minimum atomic E-state index is -0.838. The number of carbonyl (C=O) groups is 2. The summed E-state index contributed by atoms with van der Waals surface area (Å²) >= 11 is 1.23. The third-order valence-corrected chi connectivity index (χ3v) is 5.29. The van der Waals surface area contributed by atoms with Crippen LogP contribution in [-0.4, -0.2) is 16.8 Å². The van der Waals surface area contributed by atoms with Crippen molar-refractivity contribution in [3.8, 4) is 0 Å². The van der Waals surface area contributed by atoms with Gasteiger partial charge in [-0.2, -0.15) is 0 Å². The largest absolute Gasteiger partial charge is 0.503 e. The highest BCUT2D eigenvalue weighted by molar-refractivity contribution is 7.12. The normalized spacial score (nSPS) is 16.9. The van der Waals surface area contributed by atoms with Crippen molar-refractivity contribution < 1.29 is 19.1 Å². The first kappa shape index (κ1) is 17.2. The van der Waals surface area contributed by atoms with Gasteiger partial charge in [0.15, 0.2) is 5.76 Å². The highest BCUT2D eigenvalue weighted by atomic mass is 32.1. The molecular weight excluding hydrogens is 365 g/mol. The fraction of sp³-hybridized carbons (Fsp3) is 0.0476. The predicted molar refractivity (Wildman–Crippen MR) is 101 cm³/mol. The summed E-state index contributed by atoms with van der Waals surface area (Å²) in [6, 6.07) is 16.9. The third-order valence-electron chi connectivity index (χ3n) is 4.42. The number of para-hydroxylation sites is 1. The number of aliphatic hydroxyl groups is 1. The molecule has 3 aromatic rings. The average molecular weight is 379 g/mol. The molecule has 27 heavy (non-hydrogen) atoms. The van der Waals surface area contributed by atoms with Crippen LogP contribution >= 0.6 is 11.3 Å². The van der Waals surface area contributed by atoms with Gasteiger partial charge in [-0.05, 0) is 41.3 Å². The number of carbonyl (C=O) groups excluding carboxylic acids is 2. The van der Waals surface area contributed by atoms with E-state index in [1.54, 1.807) is 41.8 Å². The molecule has 0 saturated heterocycles.